The molecule has 0 saturated heterocycles. The van der Waals surface area contributed by atoms with Gasteiger partial charge in [0.1, 0.15) is 0 Å². The van der Waals surface area contributed by atoms with Crippen LogP contribution in [0.4, 0.5) is 0 Å². The molecule has 0 heteroatoms. The Bertz CT molecular complexity index is 176. The first kappa shape index (κ1) is 6.45. The highest BCUT2D eigenvalue weighted by molar-refractivity contribution is 5.18. The van der Waals surface area contributed by atoms with Crippen molar-refractivity contribution in [3.05, 3.63) is 12.2 Å². The molecule has 0 radical (unpaired) electrons. The molecular formula is C10H16. The predicted molar refractivity (Wildman–Crippen MR) is 43.7 cm³/mol. The van der Waals surface area contributed by atoms with E-state index in [9.17, 15) is 0 Å². The zero-order chi connectivity index (χ0) is 7.35. The molecule has 0 spiro atoms. The average Bonchev–Trinajstić information content (AvgIpc) is 2.36. The Balaban J connectivity index is 2.16. The summed E-state index contributed by atoms with van der Waals surface area (Å²) in [7, 11) is 0. The Hall–Kier alpha value is -0.260. The summed E-state index contributed by atoms with van der Waals surface area (Å²) < 4.78 is 0. The molecule has 10 heavy (non-hydrogen) atoms. The molecule has 0 amide bonds. The molecule has 3 atom stereocenters. The van der Waals surface area contributed by atoms with Gasteiger partial charge >= 0.3 is 0 Å². The first-order valence-electron chi connectivity index (χ1n) is 4.30. The Labute approximate surface area is 63.3 Å². The van der Waals surface area contributed by atoms with Crippen molar-refractivity contribution in [2.45, 2.75) is 27.2 Å². The highest BCUT2D eigenvalue weighted by Gasteiger charge is 2.56. The molecule has 2 rings (SSSR count). The van der Waals surface area contributed by atoms with Crippen LogP contribution in [0.3, 0.4) is 0 Å². The van der Waals surface area contributed by atoms with Crippen LogP contribution in [0.2, 0.25) is 0 Å². The van der Waals surface area contributed by atoms with E-state index < -0.39 is 0 Å². The van der Waals surface area contributed by atoms with Gasteiger partial charge in [0.25, 0.3) is 0 Å². The first-order valence-corrected chi connectivity index (χ1v) is 4.30. The quantitative estimate of drug-likeness (QED) is 0.449. The van der Waals surface area contributed by atoms with Gasteiger partial charge in [-0.25, -0.2) is 0 Å². The summed E-state index contributed by atoms with van der Waals surface area (Å²) in [5.74, 6) is 2.76. The maximum absolute atomic E-state index is 2.43. The molecule has 0 nitrogen and oxygen atoms in total. The molecule has 0 aromatic heterocycles. The van der Waals surface area contributed by atoms with E-state index in [1.165, 1.54) is 6.42 Å². The summed E-state index contributed by atoms with van der Waals surface area (Å²) in [5.41, 5.74) is 0.640. The second-order valence-electron chi connectivity index (χ2n) is 4.55. The van der Waals surface area contributed by atoms with Gasteiger partial charge in [0.2, 0.25) is 0 Å². The van der Waals surface area contributed by atoms with Crippen molar-refractivity contribution in [2.75, 3.05) is 0 Å². The summed E-state index contributed by atoms with van der Waals surface area (Å²) >= 11 is 0. The van der Waals surface area contributed by atoms with Crippen molar-refractivity contribution in [3.8, 4) is 0 Å². The minimum Gasteiger partial charge on any atom is -0.0854 e. The van der Waals surface area contributed by atoms with Crippen molar-refractivity contribution in [3.63, 3.8) is 0 Å². The molecule has 1 fully saturated rings. The van der Waals surface area contributed by atoms with Crippen LogP contribution in [0, 0.1) is 23.2 Å². The molecular weight excluding hydrogens is 120 g/mol. The average molecular weight is 136 g/mol. The lowest BCUT2D eigenvalue weighted by atomic mass is 9.97. The SMILES string of the molecule is CC1C=C[C@H]2[C@@H](C1)C2(C)C. The molecule has 2 aliphatic carbocycles. The van der Waals surface area contributed by atoms with Gasteiger partial charge < -0.3 is 0 Å². The van der Waals surface area contributed by atoms with E-state index >= 15 is 0 Å². The Morgan fingerprint density at radius 3 is 2.50 bits per heavy atom. The van der Waals surface area contributed by atoms with Crippen LogP contribution in [0.25, 0.3) is 0 Å². The van der Waals surface area contributed by atoms with E-state index in [4.69, 9.17) is 0 Å². The maximum Gasteiger partial charge on any atom is -0.0145 e. The highest BCUT2D eigenvalue weighted by atomic mass is 14.6. The van der Waals surface area contributed by atoms with E-state index in [2.05, 4.69) is 32.9 Å². The number of rotatable bonds is 0. The van der Waals surface area contributed by atoms with Gasteiger partial charge in [0.05, 0.1) is 0 Å². The van der Waals surface area contributed by atoms with Crippen LogP contribution >= 0.6 is 0 Å². The third kappa shape index (κ3) is 0.680. The molecule has 56 valence electrons. The van der Waals surface area contributed by atoms with Gasteiger partial charge in [-0.3, -0.25) is 0 Å². The molecule has 0 N–H and O–H groups in total. The lowest BCUT2D eigenvalue weighted by Gasteiger charge is -2.08. The molecule has 0 aromatic rings. The Morgan fingerprint density at radius 2 is 2.00 bits per heavy atom. The summed E-state index contributed by atoms with van der Waals surface area (Å²) in [4.78, 5) is 0. The van der Waals surface area contributed by atoms with Crippen molar-refractivity contribution in [2.24, 2.45) is 23.2 Å². The van der Waals surface area contributed by atoms with Crippen LogP contribution in [0.5, 0.6) is 0 Å². The normalized spacial score (nSPS) is 48.5. The molecule has 1 unspecified atom stereocenters. The van der Waals surface area contributed by atoms with Crippen LogP contribution in [-0.4, -0.2) is 0 Å². The van der Waals surface area contributed by atoms with E-state index in [0.29, 0.717) is 5.41 Å². The highest BCUT2D eigenvalue weighted by Crippen LogP contribution is 2.63. The van der Waals surface area contributed by atoms with Crippen LogP contribution < -0.4 is 0 Å². The number of hydrogen-bond donors (Lipinski definition) is 0. The fourth-order valence-corrected chi connectivity index (χ4v) is 2.41. The summed E-state index contributed by atoms with van der Waals surface area (Å²) in [6.07, 6.45) is 6.24. The molecule has 0 heterocycles. The van der Waals surface area contributed by atoms with Gasteiger partial charge in [-0.05, 0) is 29.6 Å². The minimum absolute atomic E-state index is 0.640. The van der Waals surface area contributed by atoms with Gasteiger partial charge in [0.15, 0.2) is 0 Å². The fraction of sp³-hybridized carbons (Fsp3) is 0.800. The van der Waals surface area contributed by atoms with Gasteiger partial charge in [-0.2, -0.15) is 0 Å². The van der Waals surface area contributed by atoms with E-state index in [0.717, 1.165) is 17.8 Å². The van der Waals surface area contributed by atoms with Gasteiger partial charge in [-0.1, -0.05) is 32.9 Å². The second kappa shape index (κ2) is 1.66. The van der Waals surface area contributed by atoms with Crippen LogP contribution in [-0.2, 0) is 0 Å². The number of fused-ring (bicyclic) bond motifs is 1. The first-order chi connectivity index (χ1) is 4.62. The van der Waals surface area contributed by atoms with Crippen molar-refractivity contribution >= 4 is 0 Å². The van der Waals surface area contributed by atoms with Crippen LogP contribution in [0.15, 0.2) is 12.2 Å². The Kier molecular flexibility index (Phi) is 1.07. The third-order valence-electron chi connectivity index (χ3n) is 3.41. The van der Waals surface area contributed by atoms with E-state index in [-0.39, 0.29) is 0 Å². The molecule has 0 aliphatic heterocycles. The predicted octanol–water partition coefficient (Wildman–Crippen LogP) is 2.85. The largest absolute Gasteiger partial charge is 0.0854 e. The molecule has 2 aliphatic rings. The number of allylic oxidation sites excluding steroid dienone is 2. The summed E-state index contributed by atoms with van der Waals surface area (Å²) in [6, 6.07) is 0. The standard InChI is InChI=1S/C10H16/c1-7-4-5-8-9(6-7)10(8,2)3/h4-5,7-9H,6H2,1-3H3/t7?,8-,9+/m0/s1. The van der Waals surface area contributed by atoms with E-state index in [1.54, 1.807) is 0 Å². The monoisotopic (exact) mass is 136 g/mol. The minimum atomic E-state index is 0.640. The molecule has 1 saturated carbocycles. The van der Waals surface area contributed by atoms with Crippen molar-refractivity contribution in [1.82, 2.24) is 0 Å². The second-order valence-corrected chi connectivity index (χ2v) is 4.55. The summed E-state index contributed by atoms with van der Waals surface area (Å²) in [6.45, 7) is 7.11. The fourth-order valence-electron chi connectivity index (χ4n) is 2.41. The third-order valence-corrected chi connectivity index (χ3v) is 3.41. The molecule has 0 bridgehead atoms. The zero-order valence-corrected chi connectivity index (χ0v) is 7.09. The molecule has 0 aromatic carbocycles. The van der Waals surface area contributed by atoms with Gasteiger partial charge in [-0.15, -0.1) is 0 Å². The summed E-state index contributed by atoms with van der Waals surface area (Å²) in [5, 5.41) is 0. The van der Waals surface area contributed by atoms with Crippen LogP contribution in [0.1, 0.15) is 27.2 Å². The maximum atomic E-state index is 2.43. The lowest BCUT2D eigenvalue weighted by Crippen LogP contribution is -1.97. The lowest BCUT2D eigenvalue weighted by molar-refractivity contribution is 0.487. The smallest absolute Gasteiger partial charge is 0.0145 e. The van der Waals surface area contributed by atoms with Crippen molar-refractivity contribution in [1.29, 1.82) is 0 Å². The van der Waals surface area contributed by atoms with Crippen molar-refractivity contribution < 1.29 is 0 Å². The topological polar surface area (TPSA) is 0 Å². The van der Waals surface area contributed by atoms with Gasteiger partial charge in [0, 0.05) is 0 Å². The number of hydrogen-bond acceptors (Lipinski definition) is 0. The van der Waals surface area contributed by atoms with E-state index in [1.807, 2.05) is 0 Å². The Morgan fingerprint density at radius 1 is 1.30 bits per heavy atom. The zero-order valence-electron chi connectivity index (χ0n) is 7.09.